The molecule has 4 heteroatoms. The molecule has 3 nitrogen and oxygen atoms in total. The first-order valence-electron chi connectivity index (χ1n) is 7.18. The van der Waals surface area contributed by atoms with Crippen LogP contribution in [0.25, 0.3) is 0 Å². The summed E-state index contributed by atoms with van der Waals surface area (Å²) in [6.07, 6.45) is 6.70. The molecule has 106 valence electrons. The Kier molecular flexibility index (Phi) is 7.08. The number of rotatable bonds is 7. The SMILES string of the molecule is CCSCC(C)NC(=O)CC1(NC)CCCCC1. The van der Waals surface area contributed by atoms with Crippen LogP contribution in [0.2, 0.25) is 0 Å². The summed E-state index contributed by atoms with van der Waals surface area (Å²) in [4.78, 5) is 12.1. The van der Waals surface area contributed by atoms with Gasteiger partial charge in [-0.25, -0.2) is 0 Å². The lowest BCUT2D eigenvalue weighted by molar-refractivity contribution is -0.123. The van der Waals surface area contributed by atoms with Crippen molar-refractivity contribution < 1.29 is 4.79 Å². The maximum Gasteiger partial charge on any atom is 0.222 e. The first kappa shape index (κ1) is 15.8. The Bertz CT molecular complexity index is 252. The minimum absolute atomic E-state index is 0.0555. The highest BCUT2D eigenvalue weighted by molar-refractivity contribution is 7.99. The van der Waals surface area contributed by atoms with Crippen LogP contribution in [-0.4, -0.2) is 36.0 Å². The van der Waals surface area contributed by atoms with Crippen molar-refractivity contribution in [2.24, 2.45) is 0 Å². The predicted octanol–water partition coefficient (Wildman–Crippen LogP) is 2.56. The largest absolute Gasteiger partial charge is 0.353 e. The van der Waals surface area contributed by atoms with Gasteiger partial charge in [-0.05, 0) is 32.6 Å². The van der Waals surface area contributed by atoms with Crippen LogP contribution in [0.1, 0.15) is 52.4 Å². The summed E-state index contributed by atoms with van der Waals surface area (Å²) in [6, 6.07) is 0.278. The zero-order chi connectivity index (χ0) is 13.4. The Labute approximate surface area is 116 Å². The Morgan fingerprint density at radius 2 is 2.00 bits per heavy atom. The number of nitrogens with one attached hydrogen (secondary N) is 2. The maximum absolute atomic E-state index is 12.1. The second-order valence-corrected chi connectivity index (χ2v) is 6.71. The van der Waals surface area contributed by atoms with E-state index in [0.717, 1.165) is 24.3 Å². The number of thioether (sulfide) groups is 1. The molecule has 0 aromatic carbocycles. The summed E-state index contributed by atoms with van der Waals surface area (Å²) >= 11 is 1.88. The van der Waals surface area contributed by atoms with E-state index in [0.29, 0.717) is 6.42 Å². The van der Waals surface area contributed by atoms with Crippen molar-refractivity contribution in [3.8, 4) is 0 Å². The summed E-state index contributed by atoms with van der Waals surface area (Å²) in [5.41, 5.74) is 0.0555. The second-order valence-electron chi connectivity index (χ2n) is 5.40. The number of carbonyl (C=O) groups excluding carboxylic acids is 1. The van der Waals surface area contributed by atoms with Gasteiger partial charge in [-0.2, -0.15) is 11.8 Å². The van der Waals surface area contributed by atoms with Crippen LogP contribution < -0.4 is 10.6 Å². The normalized spacial score (nSPS) is 20.4. The predicted molar refractivity (Wildman–Crippen MR) is 80.1 cm³/mol. The van der Waals surface area contributed by atoms with Crippen molar-refractivity contribution >= 4 is 17.7 Å². The summed E-state index contributed by atoms with van der Waals surface area (Å²) < 4.78 is 0. The van der Waals surface area contributed by atoms with Gasteiger partial charge in [-0.1, -0.05) is 26.2 Å². The minimum atomic E-state index is 0.0555. The lowest BCUT2D eigenvalue weighted by Crippen LogP contribution is -2.49. The minimum Gasteiger partial charge on any atom is -0.353 e. The summed E-state index contributed by atoms with van der Waals surface area (Å²) in [6.45, 7) is 4.24. The summed E-state index contributed by atoms with van der Waals surface area (Å²) in [7, 11) is 2.00. The van der Waals surface area contributed by atoms with Crippen molar-refractivity contribution in [2.75, 3.05) is 18.6 Å². The molecule has 0 bridgehead atoms. The van der Waals surface area contributed by atoms with Crippen LogP contribution in [0.4, 0.5) is 0 Å². The zero-order valence-corrected chi connectivity index (χ0v) is 12.9. The fourth-order valence-corrected chi connectivity index (χ4v) is 3.39. The molecule has 1 aliphatic carbocycles. The van der Waals surface area contributed by atoms with Gasteiger partial charge < -0.3 is 10.6 Å². The summed E-state index contributed by atoms with van der Waals surface area (Å²) in [5, 5.41) is 6.52. The topological polar surface area (TPSA) is 41.1 Å². The van der Waals surface area contributed by atoms with E-state index in [2.05, 4.69) is 24.5 Å². The van der Waals surface area contributed by atoms with E-state index in [1.54, 1.807) is 0 Å². The fraction of sp³-hybridized carbons (Fsp3) is 0.929. The van der Waals surface area contributed by atoms with Gasteiger partial charge in [0, 0.05) is 23.8 Å². The van der Waals surface area contributed by atoms with Gasteiger partial charge >= 0.3 is 0 Å². The zero-order valence-electron chi connectivity index (χ0n) is 12.1. The summed E-state index contributed by atoms with van der Waals surface area (Å²) in [5.74, 6) is 2.32. The second kappa shape index (κ2) is 8.05. The molecule has 0 spiro atoms. The Morgan fingerprint density at radius 1 is 1.33 bits per heavy atom. The maximum atomic E-state index is 12.1. The fourth-order valence-electron chi connectivity index (χ4n) is 2.71. The van der Waals surface area contributed by atoms with E-state index in [4.69, 9.17) is 0 Å². The quantitative estimate of drug-likeness (QED) is 0.748. The number of amides is 1. The van der Waals surface area contributed by atoms with Crippen molar-refractivity contribution in [3.05, 3.63) is 0 Å². The van der Waals surface area contributed by atoms with Gasteiger partial charge in [0.25, 0.3) is 0 Å². The van der Waals surface area contributed by atoms with E-state index in [9.17, 15) is 4.79 Å². The van der Waals surface area contributed by atoms with E-state index >= 15 is 0 Å². The van der Waals surface area contributed by atoms with Crippen molar-refractivity contribution in [1.82, 2.24) is 10.6 Å². The Morgan fingerprint density at radius 3 is 2.56 bits per heavy atom. The molecule has 0 saturated heterocycles. The molecule has 1 atom stereocenters. The van der Waals surface area contributed by atoms with Gasteiger partial charge in [-0.15, -0.1) is 0 Å². The highest BCUT2D eigenvalue weighted by Gasteiger charge is 2.32. The van der Waals surface area contributed by atoms with E-state index in [-0.39, 0.29) is 17.5 Å². The van der Waals surface area contributed by atoms with Crippen LogP contribution in [0.15, 0.2) is 0 Å². The first-order chi connectivity index (χ1) is 8.62. The molecule has 1 unspecified atom stereocenters. The molecule has 1 fully saturated rings. The molecule has 1 saturated carbocycles. The number of hydrogen-bond donors (Lipinski definition) is 2. The smallest absolute Gasteiger partial charge is 0.222 e. The van der Waals surface area contributed by atoms with E-state index in [1.165, 1.54) is 19.3 Å². The molecule has 0 aliphatic heterocycles. The third kappa shape index (κ3) is 5.19. The van der Waals surface area contributed by atoms with Gasteiger partial charge in [0.1, 0.15) is 0 Å². The standard InChI is InChI=1S/C14H28N2OS/c1-4-18-11-12(2)16-13(17)10-14(15-3)8-6-5-7-9-14/h12,15H,4-11H2,1-3H3,(H,16,17). The highest BCUT2D eigenvalue weighted by Crippen LogP contribution is 2.30. The van der Waals surface area contributed by atoms with Gasteiger partial charge in [0.2, 0.25) is 5.91 Å². The van der Waals surface area contributed by atoms with Crippen LogP contribution in [0.3, 0.4) is 0 Å². The molecule has 1 rings (SSSR count). The Hall–Kier alpha value is -0.220. The van der Waals surface area contributed by atoms with Gasteiger partial charge in [-0.3, -0.25) is 4.79 Å². The molecule has 0 aromatic rings. The molecular weight excluding hydrogens is 244 g/mol. The average molecular weight is 272 g/mol. The molecule has 1 aliphatic rings. The third-order valence-corrected chi connectivity index (χ3v) is 4.96. The number of carbonyl (C=O) groups is 1. The Balaban J connectivity index is 2.37. The van der Waals surface area contributed by atoms with Crippen molar-refractivity contribution in [2.45, 2.75) is 64.0 Å². The molecule has 0 radical (unpaired) electrons. The molecule has 1 amide bonds. The molecule has 0 heterocycles. The first-order valence-corrected chi connectivity index (χ1v) is 8.33. The number of hydrogen-bond acceptors (Lipinski definition) is 3. The van der Waals surface area contributed by atoms with Crippen LogP contribution in [-0.2, 0) is 4.79 Å². The molecule has 2 N–H and O–H groups in total. The van der Waals surface area contributed by atoms with Crippen LogP contribution >= 0.6 is 11.8 Å². The van der Waals surface area contributed by atoms with Crippen molar-refractivity contribution in [3.63, 3.8) is 0 Å². The molecule has 0 aromatic heterocycles. The molecule has 18 heavy (non-hydrogen) atoms. The average Bonchev–Trinajstić information content (AvgIpc) is 2.37. The molecular formula is C14H28N2OS. The highest BCUT2D eigenvalue weighted by atomic mass is 32.2. The van der Waals surface area contributed by atoms with Crippen LogP contribution in [0, 0.1) is 0 Å². The van der Waals surface area contributed by atoms with Crippen LogP contribution in [0.5, 0.6) is 0 Å². The third-order valence-electron chi connectivity index (χ3n) is 3.82. The lowest BCUT2D eigenvalue weighted by atomic mass is 9.79. The van der Waals surface area contributed by atoms with Gasteiger partial charge in [0.05, 0.1) is 0 Å². The van der Waals surface area contributed by atoms with Gasteiger partial charge in [0.15, 0.2) is 0 Å². The van der Waals surface area contributed by atoms with E-state index in [1.807, 2.05) is 18.8 Å². The van der Waals surface area contributed by atoms with E-state index < -0.39 is 0 Å². The lowest BCUT2D eigenvalue weighted by Gasteiger charge is -2.37. The van der Waals surface area contributed by atoms with Crippen molar-refractivity contribution in [1.29, 1.82) is 0 Å². The monoisotopic (exact) mass is 272 g/mol.